The molecule has 206 valence electrons. The molecule has 0 saturated carbocycles. The van der Waals surface area contributed by atoms with Crippen LogP contribution in [-0.2, 0) is 4.79 Å². The van der Waals surface area contributed by atoms with Gasteiger partial charge in [-0.1, -0.05) is 24.3 Å². The highest BCUT2D eigenvalue weighted by Gasteiger charge is 2.24. The molecule has 1 saturated heterocycles. The number of carbonyl (C=O) groups excluding carboxylic acids is 1. The minimum Gasteiger partial charge on any atom is -0.465 e. The van der Waals surface area contributed by atoms with E-state index in [1.165, 1.54) is 4.90 Å². The van der Waals surface area contributed by atoms with Crippen LogP contribution in [-0.4, -0.2) is 62.5 Å². The number of rotatable bonds is 9. The van der Waals surface area contributed by atoms with Crippen LogP contribution in [0.1, 0.15) is 31.7 Å². The summed E-state index contributed by atoms with van der Waals surface area (Å²) in [7, 11) is 0. The fourth-order valence-electron chi connectivity index (χ4n) is 4.90. The van der Waals surface area contributed by atoms with Crippen molar-refractivity contribution in [3.8, 4) is 22.9 Å². The second-order valence-electron chi connectivity index (χ2n) is 9.93. The van der Waals surface area contributed by atoms with Crippen LogP contribution in [0.4, 0.5) is 16.4 Å². The highest BCUT2D eigenvalue weighted by atomic mass is 16.5. The third-order valence-corrected chi connectivity index (χ3v) is 6.93. The zero-order valence-electron chi connectivity index (χ0n) is 22.6. The van der Waals surface area contributed by atoms with Crippen LogP contribution in [0.2, 0.25) is 0 Å². The van der Waals surface area contributed by atoms with Crippen LogP contribution < -0.4 is 15.4 Å². The number of benzene rings is 2. The van der Waals surface area contributed by atoms with Gasteiger partial charge in [0, 0.05) is 61.0 Å². The number of anilines is 2. The van der Waals surface area contributed by atoms with Crippen molar-refractivity contribution in [3.05, 3.63) is 66.5 Å². The Morgan fingerprint density at radius 2 is 1.95 bits per heavy atom. The molecule has 0 spiro atoms. The number of aromatic nitrogens is 3. The lowest BCUT2D eigenvalue weighted by atomic mass is 10.0. The maximum atomic E-state index is 11.4. The van der Waals surface area contributed by atoms with Crippen LogP contribution in [0.15, 0.2) is 60.9 Å². The molecule has 0 radical (unpaired) electrons. The number of nitrogens with one attached hydrogen (secondary N) is 2. The molecule has 4 aromatic rings. The Morgan fingerprint density at radius 3 is 2.77 bits per heavy atom. The normalized spacial score (nSPS) is 15.1. The van der Waals surface area contributed by atoms with Crippen LogP contribution in [0, 0.1) is 6.92 Å². The fraction of sp³-hybridized carbons (Fsp3) is 0.300. The predicted molar refractivity (Wildman–Crippen MR) is 154 cm³/mol. The van der Waals surface area contributed by atoms with Crippen molar-refractivity contribution in [1.82, 2.24) is 19.9 Å². The maximum Gasteiger partial charge on any atom is 0.407 e. The number of Topliss-reactive ketones (excluding diaryl/α,β-unsaturated/α-hetero) is 1. The topological polar surface area (TPSA) is 130 Å². The number of aryl methyl sites for hydroxylation is 1. The van der Waals surface area contributed by atoms with E-state index < -0.39 is 6.09 Å². The van der Waals surface area contributed by atoms with Crippen molar-refractivity contribution in [1.29, 1.82) is 0 Å². The number of hydrogen-bond donors (Lipinski definition) is 3. The number of fused-ring (bicyclic) bond motifs is 1. The number of piperidine rings is 1. The first-order chi connectivity index (χ1) is 19.4. The summed E-state index contributed by atoms with van der Waals surface area (Å²) in [6.07, 6.45) is 4.50. The molecule has 0 aliphatic carbocycles. The van der Waals surface area contributed by atoms with Crippen LogP contribution >= 0.6 is 0 Å². The lowest BCUT2D eigenvalue weighted by Gasteiger charge is -2.31. The summed E-state index contributed by atoms with van der Waals surface area (Å²) >= 11 is 0. The summed E-state index contributed by atoms with van der Waals surface area (Å²) in [5.41, 5.74) is 3.22. The summed E-state index contributed by atoms with van der Waals surface area (Å²) in [5.74, 6) is 1.66. The lowest BCUT2D eigenvalue weighted by molar-refractivity contribution is -0.116. The molecule has 1 fully saturated rings. The Bertz CT molecular complexity index is 1540. The van der Waals surface area contributed by atoms with Gasteiger partial charge in [-0.25, -0.2) is 19.7 Å². The average molecular weight is 541 g/mol. The molecular weight excluding hydrogens is 508 g/mol. The SMILES string of the molecule is CC(=O)CCNc1cccc2c(Oc3ncccc3-c3ccnc(NC4CCCN(C(=O)O)C4)n3)c(C)ccc12. The molecule has 1 atom stereocenters. The van der Waals surface area contributed by atoms with Gasteiger partial charge in [0.25, 0.3) is 0 Å². The number of carboxylic acid groups (broad SMARTS) is 1. The molecule has 1 aliphatic heterocycles. The molecule has 3 N–H and O–H groups in total. The lowest BCUT2D eigenvalue weighted by Crippen LogP contribution is -2.44. The minimum absolute atomic E-state index is 0.0682. The number of likely N-dealkylation sites (tertiary alicyclic amines) is 1. The maximum absolute atomic E-state index is 11.4. The molecule has 1 unspecified atom stereocenters. The second-order valence-corrected chi connectivity index (χ2v) is 9.93. The number of hydrogen-bond acceptors (Lipinski definition) is 8. The molecule has 3 heterocycles. The summed E-state index contributed by atoms with van der Waals surface area (Å²) in [4.78, 5) is 37.8. The summed E-state index contributed by atoms with van der Waals surface area (Å²) < 4.78 is 6.49. The van der Waals surface area contributed by atoms with Crippen molar-refractivity contribution >= 4 is 34.3 Å². The molecule has 10 nitrogen and oxygen atoms in total. The van der Waals surface area contributed by atoms with E-state index in [2.05, 4.69) is 20.6 Å². The number of ketones is 1. The molecule has 1 aliphatic rings. The van der Waals surface area contributed by atoms with Gasteiger partial charge >= 0.3 is 6.09 Å². The predicted octanol–water partition coefficient (Wildman–Crippen LogP) is 5.74. The Morgan fingerprint density at radius 1 is 1.07 bits per heavy atom. The molecule has 40 heavy (non-hydrogen) atoms. The molecule has 2 aromatic carbocycles. The number of ether oxygens (including phenoxy) is 1. The Balaban J connectivity index is 1.42. The molecule has 10 heteroatoms. The monoisotopic (exact) mass is 540 g/mol. The van der Waals surface area contributed by atoms with Gasteiger partial charge in [0.2, 0.25) is 11.8 Å². The molecule has 5 rings (SSSR count). The first-order valence-electron chi connectivity index (χ1n) is 13.4. The van der Waals surface area contributed by atoms with Crippen molar-refractivity contribution < 1.29 is 19.4 Å². The number of nitrogens with zero attached hydrogens (tertiary/aromatic N) is 4. The summed E-state index contributed by atoms with van der Waals surface area (Å²) in [6.45, 7) is 5.06. The van der Waals surface area contributed by atoms with E-state index in [0.717, 1.165) is 34.9 Å². The summed E-state index contributed by atoms with van der Waals surface area (Å²) in [6, 6.07) is 15.5. The molecule has 0 bridgehead atoms. The molecule has 2 aromatic heterocycles. The van der Waals surface area contributed by atoms with E-state index in [9.17, 15) is 14.7 Å². The van der Waals surface area contributed by atoms with E-state index >= 15 is 0 Å². The van der Waals surface area contributed by atoms with Crippen molar-refractivity contribution in [2.45, 2.75) is 39.2 Å². The van der Waals surface area contributed by atoms with Crippen LogP contribution in [0.25, 0.3) is 22.0 Å². The van der Waals surface area contributed by atoms with Crippen molar-refractivity contribution in [2.75, 3.05) is 30.3 Å². The van der Waals surface area contributed by atoms with Crippen LogP contribution in [0.5, 0.6) is 11.6 Å². The first kappa shape index (κ1) is 26.9. The highest BCUT2D eigenvalue weighted by Crippen LogP contribution is 2.38. The van der Waals surface area contributed by atoms with E-state index in [-0.39, 0.29) is 11.8 Å². The fourth-order valence-corrected chi connectivity index (χ4v) is 4.90. The van der Waals surface area contributed by atoms with Gasteiger partial charge in [-0.3, -0.25) is 4.79 Å². The standard InChI is InChI=1S/C30H32N6O4/c1-19-10-11-22-23(7-3-9-25(22)31-15-12-20(2)37)27(19)40-28-24(8-4-14-32-28)26-13-16-33-29(35-26)34-21-6-5-17-36(18-21)30(38)39/h3-4,7-11,13-14,16,21,31H,5-6,12,15,17-18H2,1-2H3,(H,38,39)(H,33,34,35). The first-order valence-corrected chi connectivity index (χ1v) is 13.4. The van der Waals surface area contributed by atoms with Gasteiger partial charge < -0.3 is 25.4 Å². The van der Waals surface area contributed by atoms with E-state index in [0.29, 0.717) is 54.9 Å². The Labute approximate surface area is 232 Å². The van der Waals surface area contributed by atoms with Gasteiger partial charge in [0.1, 0.15) is 11.5 Å². The largest absolute Gasteiger partial charge is 0.465 e. The molecule has 1 amide bonds. The third-order valence-electron chi connectivity index (χ3n) is 6.93. The van der Waals surface area contributed by atoms with Crippen molar-refractivity contribution in [2.24, 2.45) is 0 Å². The molecular formula is C30H32N6O4. The van der Waals surface area contributed by atoms with Gasteiger partial charge in [-0.05, 0) is 56.5 Å². The van der Waals surface area contributed by atoms with E-state index in [4.69, 9.17) is 9.72 Å². The average Bonchev–Trinajstić information content (AvgIpc) is 2.95. The number of carbonyl (C=O) groups is 2. The quantitative estimate of drug-likeness (QED) is 0.243. The number of amides is 1. The van der Waals surface area contributed by atoms with Gasteiger partial charge in [-0.2, -0.15) is 0 Å². The van der Waals surface area contributed by atoms with Crippen molar-refractivity contribution in [3.63, 3.8) is 0 Å². The Hall–Kier alpha value is -4.73. The van der Waals surface area contributed by atoms with Gasteiger partial charge in [-0.15, -0.1) is 0 Å². The van der Waals surface area contributed by atoms with E-state index in [1.807, 2.05) is 49.4 Å². The third kappa shape index (κ3) is 6.12. The summed E-state index contributed by atoms with van der Waals surface area (Å²) in [5, 5.41) is 17.9. The van der Waals surface area contributed by atoms with Gasteiger partial charge in [0.15, 0.2) is 0 Å². The smallest absolute Gasteiger partial charge is 0.407 e. The minimum atomic E-state index is -0.916. The second kappa shape index (κ2) is 12.0. The Kier molecular flexibility index (Phi) is 8.04. The van der Waals surface area contributed by atoms with Gasteiger partial charge in [0.05, 0.1) is 11.3 Å². The zero-order chi connectivity index (χ0) is 28.1. The van der Waals surface area contributed by atoms with Crippen LogP contribution in [0.3, 0.4) is 0 Å². The zero-order valence-corrected chi connectivity index (χ0v) is 22.6. The van der Waals surface area contributed by atoms with E-state index in [1.54, 1.807) is 25.4 Å². The highest BCUT2D eigenvalue weighted by molar-refractivity contribution is 5.98. The number of pyridine rings is 1.